The van der Waals surface area contributed by atoms with Gasteiger partial charge in [0.2, 0.25) is 0 Å². The van der Waals surface area contributed by atoms with Crippen LogP contribution in [0.4, 0.5) is 11.4 Å². The molecule has 0 aliphatic carbocycles. The van der Waals surface area contributed by atoms with Crippen LogP contribution in [-0.2, 0) is 13.0 Å². The van der Waals surface area contributed by atoms with Crippen LogP contribution in [0.1, 0.15) is 23.1 Å². The van der Waals surface area contributed by atoms with Crippen molar-refractivity contribution in [1.82, 2.24) is 0 Å². The smallest absolute Gasteiger partial charge is 0.0457 e. The van der Waals surface area contributed by atoms with E-state index >= 15 is 0 Å². The van der Waals surface area contributed by atoms with Crippen LogP contribution in [0.15, 0.2) is 36.4 Å². The summed E-state index contributed by atoms with van der Waals surface area (Å²) in [7, 11) is 0. The second-order valence-electron chi connectivity index (χ2n) is 5.36. The van der Waals surface area contributed by atoms with Crippen LogP contribution in [0.5, 0.6) is 0 Å². The number of hydrogen-bond donors (Lipinski definition) is 1. The molecular weight excluding hydrogens is 268 g/mol. The maximum atomic E-state index is 6.08. The molecule has 0 saturated heterocycles. The number of hydrogen-bond acceptors (Lipinski definition) is 2. The second kappa shape index (κ2) is 5.47. The predicted molar refractivity (Wildman–Crippen MR) is 85.8 cm³/mol. The zero-order chi connectivity index (χ0) is 14.1. The first kappa shape index (κ1) is 13.5. The lowest BCUT2D eigenvalue weighted by Gasteiger charge is -2.33. The lowest BCUT2D eigenvalue weighted by Crippen LogP contribution is -2.26. The first-order valence-corrected chi connectivity index (χ1v) is 7.42. The van der Waals surface area contributed by atoms with Crippen LogP contribution in [-0.4, -0.2) is 6.54 Å². The van der Waals surface area contributed by atoms with Crippen LogP contribution >= 0.6 is 11.6 Å². The summed E-state index contributed by atoms with van der Waals surface area (Å²) in [4.78, 5) is 2.37. The van der Waals surface area contributed by atoms with Crippen LogP contribution in [0.2, 0.25) is 5.02 Å². The molecule has 0 unspecified atom stereocenters. The van der Waals surface area contributed by atoms with Crippen molar-refractivity contribution in [1.29, 1.82) is 0 Å². The van der Waals surface area contributed by atoms with Crippen molar-refractivity contribution in [2.45, 2.75) is 26.3 Å². The molecule has 0 amide bonds. The minimum absolute atomic E-state index is 0.508. The molecule has 1 aliphatic rings. The van der Waals surface area contributed by atoms with Crippen molar-refractivity contribution < 1.29 is 0 Å². The van der Waals surface area contributed by atoms with E-state index in [0.717, 1.165) is 23.6 Å². The summed E-state index contributed by atoms with van der Waals surface area (Å²) < 4.78 is 0. The Labute approximate surface area is 125 Å². The molecule has 20 heavy (non-hydrogen) atoms. The summed E-state index contributed by atoms with van der Waals surface area (Å²) in [5, 5.41) is 0.746. The Kier molecular flexibility index (Phi) is 3.68. The second-order valence-corrected chi connectivity index (χ2v) is 5.80. The third kappa shape index (κ3) is 2.41. The highest BCUT2D eigenvalue weighted by atomic mass is 35.5. The zero-order valence-electron chi connectivity index (χ0n) is 11.7. The monoisotopic (exact) mass is 286 g/mol. The molecule has 0 radical (unpaired) electrons. The van der Waals surface area contributed by atoms with Gasteiger partial charge in [0.05, 0.1) is 0 Å². The fourth-order valence-corrected chi connectivity index (χ4v) is 3.15. The number of rotatable bonds is 2. The Hall–Kier alpha value is -1.51. The number of benzene rings is 2. The van der Waals surface area contributed by atoms with Gasteiger partial charge in [-0.05, 0) is 55.2 Å². The lowest BCUT2D eigenvalue weighted by molar-refractivity contribution is 0.762. The quantitative estimate of drug-likeness (QED) is 0.897. The zero-order valence-corrected chi connectivity index (χ0v) is 12.5. The van der Waals surface area contributed by atoms with Gasteiger partial charge in [-0.1, -0.05) is 29.3 Å². The molecule has 0 atom stereocenters. The molecule has 2 nitrogen and oxygen atoms in total. The van der Waals surface area contributed by atoms with Crippen LogP contribution in [0.3, 0.4) is 0 Å². The number of anilines is 2. The van der Waals surface area contributed by atoms with E-state index in [1.165, 1.54) is 28.9 Å². The van der Waals surface area contributed by atoms with E-state index in [0.29, 0.717) is 6.54 Å². The molecule has 0 aromatic heterocycles. The Morgan fingerprint density at radius 1 is 1.15 bits per heavy atom. The van der Waals surface area contributed by atoms with Gasteiger partial charge < -0.3 is 10.6 Å². The Bertz CT molecular complexity index is 637. The minimum atomic E-state index is 0.508. The van der Waals surface area contributed by atoms with Crippen molar-refractivity contribution in [2.24, 2.45) is 5.73 Å². The summed E-state index contributed by atoms with van der Waals surface area (Å²) in [6, 6.07) is 12.7. The standard InChI is InChI=1S/C17H19ClN2/c1-12-4-6-16-13(9-12)3-2-8-20(16)17-7-5-15(18)10-14(17)11-19/h4-7,9-10H,2-3,8,11,19H2,1H3. The van der Waals surface area contributed by atoms with Crippen LogP contribution in [0.25, 0.3) is 0 Å². The van der Waals surface area contributed by atoms with E-state index in [9.17, 15) is 0 Å². The molecule has 2 aromatic carbocycles. The predicted octanol–water partition coefficient (Wildman–Crippen LogP) is 4.19. The molecular formula is C17H19ClN2. The third-order valence-electron chi connectivity index (χ3n) is 3.91. The SMILES string of the molecule is Cc1ccc2c(c1)CCCN2c1ccc(Cl)cc1CN. The molecule has 104 valence electrons. The Morgan fingerprint density at radius 3 is 2.75 bits per heavy atom. The largest absolute Gasteiger partial charge is 0.341 e. The molecule has 0 bridgehead atoms. The Morgan fingerprint density at radius 2 is 1.95 bits per heavy atom. The molecule has 0 saturated carbocycles. The maximum Gasteiger partial charge on any atom is 0.0457 e. The summed E-state index contributed by atoms with van der Waals surface area (Å²) in [5.41, 5.74) is 12.2. The molecule has 1 heterocycles. The van der Waals surface area contributed by atoms with Crippen molar-refractivity contribution in [3.05, 3.63) is 58.1 Å². The summed E-state index contributed by atoms with van der Waals surface area (Å²) >= 11 is 6.08. The number of aryl methyl sites for hydroxylation is 2. The molecule has 0 spiro atoms. The van der Waals surface area contributed by atoms with E-state index in [2.05, 4.69) is 36.1 Å². The number of halogens is 1. The normalized spacial score (nSPS) is 14.2. The first-order chi connectivity index (χ1) is 9.69. The summed E-state index contributed by atoms with van der Waals surface area (Å²) in [6.45, 7) is 3.69. The van der Waals surface area contributed by atoms with E-state index in [4.69, 9.17) is 17.3 Å². The third-order valence-corrected chi connectivity index (χ3v) is 4.14. The van der Waals surface area contributed by atoms with Crippen molar-refractivity contribution in [3.8, 4) is 0 Å². The van der Waals surface area contributed by atoms with Crippen LogP contribution < -0.4 is 10.6 Å². The van der Waals surface area contributed by atoms with Crippen molar-refractivity contribution in [2.75, 3.05) is 11.4 Å². The molecule has 2 aromatic rings. The maximum absolute atomic E-state index is 6.08. The number of fused-ring (bicyclic) bond motifs is 1. The molecule has 0 fully saturated rings. The van der Waals surface area contributed by atoms with Gasteiger partial charge in [0.1, 0.15) is 0 Å². The van der Waals surface area contributed by atoms with Gasteiger partial charge in [-0.15, -0.1) is 0 Å². The highest BCUT2D eigenvalue weighted by Gasteiger charge is 2.20. The molecule has 2 N–H and O–H groups in total. The number of nitrogens with two attached hydrogens (primary N) is 1. The first-order valence-electron chi connectivity index (χ1n) is 7.04. The average molecular weight is 287 g/mol. The lowest BCUT2D eigenvalue weighted by atomic mass is 9.98. The van der Waals surface area contributed by atoms with E-state index in [1.54, 1.807) is 0 Å². The van der Waals surface area contributed by atoms with E-state index in [1.807, 2.05) is 12.1 Å². The Balaban J connectivity index is 2.09. The van der Waals surface area contributed by atoms with Gasteiger partial charge in [-0.3, -0.25) is 0 Å². The van der Waals surface area contributed by atoms with Gasteiger partial charge in [0, 0.05) is 29.5 Å². The van der Waals surface area contributed by atoms with Gasteiger partial charge >= 0.3 is 0 Å². The minimum Gasteiger partial charge on any atom is -0.341 e. The van der Waals surface area contributed by atoms with Gasteiger partial charge in [-0.25, -0.2) is 0 Å². The highest BCUT2D eigenvalue weighted by Crippen LogP contribution is 2.36. The van der Waals surface area contributed by atoms with Gasteiger partial charge in [-0.2, -0.15) is 0 Å². The molecule has 3 heteroatoms. The van der Waals surface area contributed by atoms with E-state index in [-0.39, 0.29) is 0 Å². The van der Waals surface area contributed by atoms with Crippen molar-refractivity contribution >= 4 is 23.0 Å². The van der Waals surface area contributed by atoms with Gasteiger partial charge in [0.15, 0.2) is 0 Å². The molecule has 1 aliphatic heterocycles. The number of nitrogens with zero attached hydrogens (tertiary/aromatic N) is 1. The van der Waals surface area contributed by atoms with Gasteiger partial charge in [0.25, 0.3) is 0 Å². The summed E-state index contributed by atoms with van der Waals surface area (Å²) in [5.74, 6) is 0. The summed E-state index contributed by atoms with van der Waals surface area (Å²) in [6.07, 6.45) is 2.32. The average Bonchev–Trinajstić information content (AvgIpc) is 2.46. The fraction of sp³-hybridized carbons (Fsp3) is 0.294. The van der Waals surface area contributed by atoms with E-state index < -0.39 is 0 Å². The fourth-order valence-electron chi connectivity index (χ4n) is 2.96. The van der Waals surface area contributed by atoms with Crippen LogP contribution in [0, 0.1) is 6.92 Å². The van der Waals surface area contributed by atoms with Crippen molar-refractivity contribution in [3.63, 3.8) is 0 Å². The molecule has 3 rings (SSSR count). The topological polar surface area (TPSA) is 29.3 Å². The highest BCUT2D eigenvalue weighted by molar-refractivity contribution is 6.30.